The van der Waals surface area contributed by atoms with E-state index in [1.54, 1.807) is 24.6 Å². The first-order valence-corrected chi connectivity index (χ1v) is 9.15. The molecule has 10 heteroatoms. The number of aliphatic hydroxyl groups is 2. The Kier molecular flexibility index (Phi) is 8.09. The average molecular weight is 417 g/mol. The van der Waals surface area contributed by atoms with Crippen LogP contribution in [0.4, 0.5) is 5.82 Å². The van der Waals surface area contributed by atoms with Crippen molar-refractivity contribution in [2.24, 2.45) is 0 Å². The third-order valence-corrected chi connectivity index (χ3v) is 5.61. The molecule has 0 aliphatic carbocycles. The number of nitrogen functional groups attached to an aromatic ring is 1. The van der Waals surface area contributed by atoms with Gasteiger partial charge in [-0.3, -0.25) is 0 Å². The maximum atomic E-state index is 12.3. The molecular formula is C17H25ClN4O4S. The summed E-state index contributed by atoms with van der Waals surface area (Å²) < 4.78 is 6.82. The van der Waals surface area contributed by atoms with Gasteiger partial charge in [-0.05, 0) is 20.8 Å². The van der Waals surface area contributed by atoms with Crippen LogP contribution in [0.3, 0.4) is 0 Å². The van der Waals surface area contributed by atoms with Crippen molar-refractivity contribution in [3.05, 3.63) is 33.2 Å². The second-order valence-corrected chi connectivity index (χ2v) is 7.18. The molecule has 0 saturated heterocycles. The molecule has 0 spiro atoms. The third kappa shape index (κ3) is 4.92. The van der Waals surface area contributed by atoms with Crippen molar-refractivity contribution >= 4 is 23.1 Å². The van der Waals surface area contributed by atoms with Gasteiger partial charge in [0.15, 0.2) is 12.2 Å². The van der Waals surface area contributed by atoms with Gasteiger partial charge in [-0.2, -0.15) is 4.57 Å². The highest BCUT2D eigenvalue weighted by atomic mass is 35.5. The number of thiazole rings is 1. The number of hydrogen-bond donors (Lipinski definition) is 3. The third-order valence-electron chi connectivity index (χ3n) is 4.05. The largest absolute Gasteiger partial charge is 1.00 e. The quantitative estimate of drug-likeness (QED) is 0.333. The summed E-state index contributed by atoms with van der Waals surface area (Å²) in [5.41, 5.74) is 5.69. The number of hydrogen-bond acceptors (Lipinski definition) is 8. The first-order valence-electron chi connectivity index (χ1n) is 8.33. The van der Waals surface area contributed by atoms with Crippen LogP contribution >= 0.6 is 11.3 Å². The number of anilines is 1. The van der Waals surface area contributed by atoms with Gasteiger partial charge >= 0.3 is 5.97 Å². The van der Waals surface area contributed by atoms with E-state index in [0.717, 1.165) is 10.6 Å². The van der Waals surface area contributed by atoms with E-state index in [-0.39, 0.29) is 25.6 Å². The van der Waals surface area contributed by atoms with E-state index in [2.05, 4.69) is 9.97 Å². The number of carbonyl (C=O) groups excluding carboxylic acids is 1. The molecule has 0 aliphatic rings. The lowest BCUT2D eigenvalue weighted by Crippen LogP contribution is -3.00. The summed E-state index contributed by atoms with van der Waals surface area (Å²) in [6.07, 6.45) is 2.06. The molecule has 1 atom stereocenters. The number of ether oxygens (including phenoxy) is 1. The SMILES string of the molecule is CCOC(=O)C(C)(O)c1sc(CCO)c(C)[n+]1Cc1cnc(C)nc1N.[Cl-]. The number of aliphatic hydroxyl groups excluding tert-OH is 1. The van der Waals surface area contributed by atoms with Gasteiger partial charge in [-0.25, -0.2) is 14.8 Å². The molecule has 0 saturated carbocycles. The Labute approximate surface area is 168 Å². The van der Waals surface area contributed by atoms with Crippen LogP contribution in [0.1, 0.15) is 40.8 Å². The van der Waals surface area contributed by atoms with Crippen molar-refractivity contribution < 1.29 is 36.7 Å². The number of aryl methyl sites for hydroxylation is 1. The number of esters is 1. The van der Waals surface area contributed by atoms with Crippen LogP contribution in [-0.2, 0) is 28.1 Å². The van der Waals surface area contributed by atoms with E-state index in [0.29, 0.717) is 35.2 Å². The minimum atomic E-state index is -1.82. The van der Waals surface area contributed by atoms with Crippen molar-refractivity contribution in [3.63, 3.8) is 0 Å². The highest BCUT2D eigenvalue weighted by Crippen LogP contribution is 2.29. The van der Waals surface area contributed by atoms with Crippen LogP contribution in [0, 0.1) is 13.8 Å². The molecule has 0 fully saturated rings. The van der Waals surface area contributed by atoms with Gasteiger partial charge in [0.2, 0.25) is 0 Å². The first-order chi connectivity index (χ1) is 12.2. The van der Waals surface area contributed by atoms with Crippen LogP contribution in [0.15, 0.2) is 6.20 Å². The fourth-order valence-corrected chi connectivity index (χ4v) is 3.88. The number of nitrogens with two attached hydrogens (primary N) is 1. The fraction of sp³-hybridized carbons (Fsp3) is 0.529. The molecule has 4 N–H and O–H groups in total. The van der Waals surface area contributed by atoms with E-state index in [9.17, 15) is 15.0 Å². The Morgan fingerprint density at radius 1 is 1.44 bits per heavy atom. The van der Waals surface area contributed by atoms with Crippen molar-refractivity contribution in [1.29, 1.82) is 0 Å². The van der Waals surface area contributed by atoms with Crippen LogP contribution in [0.2, 0.25) is 0 Å². The normalized spacial score (nSPS) is 13.0. The fourth-order valence-electron chi connectivity index (χ4n) is 2.60. The summed E-state index contributed by atoms with van der Waals surface area (Å²) in [4.78, 5) is 21.5. The van der Waals surface area contributed by atoms with Gasteiger partial charge in [0.25, 0.3) is 10.6 Å². The molecule has 2 rings (SSSR count). The minimum absolute atomic E-state index is 0. The van der Waals surface area contributed by atoms with E-state index < -0.39 is 11.6 Å². The standard InChI is InChI=1S/C17H25N4O4S.ClH/c1-5-25-16(23)17(4,24)15-21(10(2)13(26-15)6-7-22)9-12-8-19-11(3)20-14(12)18;/h8,22,24H,5-7,9H2,1-4H3,(H2,18,19,20);1H/q+1;/p-1. The lowest BCUT2D eigenvalue weighted by Gasteiger charge is -2.17. The maximum Gasteiger partial charge on any atom is 0.350 e. The summed E-state index contributed by atoms with van der Waals surface area (Å²) in [7, 11) is 0. The number of rotatable bonds is 7. The molecule has 8 nitrogen and oxygen atoms in total. The predicted molar refractivity (Wildman–Crippen MR) is 96.5 cm³/mol. The molecule has 0 radical (unpaired) electrons. The van der Waals surface area contributed by atoms with Crippen LogP contribution < -0.4 is 22.7 Å². The smallest absolute Gasteiger partial charge is 0.350 e. The van der Waals surface area contributed by atoms with Crippen molar-refractivity contribution in [1.82, 2.24) is 9.97 Å². The van der Waals surface area contributed by atoms with Crippen LogP contribution in [0.25, 0.3) is 0 Å². The highest BCUT2D eigenvalue weighted by molar-refractivity contribution is 7.11. The summed E-state index contributed by atoms with van der Waals surface area (Å²) in [6, 6.07) is 0. The van der Waals surface area contributed by atoms with Crippen LogP contribution in [-0.4, -0.2) is 39.4 Å². The second-order valence-electron chi connectivity index (χ2n) is 6.10. The molecule has 0 amide bonds. The number of carbonyl (C=O) groups is 1. The Balaban J connectivity index is 0.00000364. The molecule has 150 valence electrons. The lowest BCUT2D eigenvalue weighted by molar-refractivity contribution is -0.701. The minimum Gasteiger partial charge on any atom is -1.00 e. The zero-order chi connectivity index (χ0) is 19.5. The predicted octanol–water partition coefficient (Wildman–Crippen LogP) is -2.62. The lowest BCUT2D eigenvalue weighted by atomic mass is 10.1. The zero-order valence-corrected chi connectivity index (χ0v) is 17.4. The molecule has 0 aromatic carbocycles. The highest BCUT2D eigenvalue weighted by Gasteiger charge is 2.45. The average Bonchev–Trinajstić information content (AvgIpc) is 2.88. The van der Waals surface area contributed by atoms with Gasteiger partial charge in [0, 0.05) is 26.1 Å². The molecule has 27 heavy (non-hydrogen) atoms. The first kappa shape index (κ1) is 23.2. The van der Waals surface area contributed by atoms with Gasteiger partial charge in [0.1, 0.15) is 11.6 Å². The number of aromatic nitrogens is 3. The molecule has 0 aliphatic heterocycles. The topological polar surface area (TPSA) is 122 Å². The molecule has 1 unspecified atom stereocenters. The van der Waals surface area contributed by atoms with E-state index in [1.807, 2.05) is 6.92 Å². The Morgan fingerprint density at radius 2 is 2.11 bits per heavy atom. The molecule has 2 heterocycles. The van der Waals surface area contributed by atoms with Crippen molar-refractivity contribution in [3.8, 4) is 0 Å². The monoisotopic (exact) mass is 416 g/mol. The Bertz CT molecular complexity index is 810. The molecule has 0 bridgehead atoms. The Morgan fingerprint density at radius 3 is 2.67 bits per heavy atom. The van der Waals surface area contributed by atoms with E-state index >= 15 is 0 Å². The molecule has 2 aromatic rings. The Hall–Kier alpha value is -1.81. The van der Waals surface area contributed by atoms with Gasteiger partial charge in [-0.1, -0.05) is 11.3 Å². The number of nitrogens with zero attached hydrogens (tertiary/aromatic N) is 3. The summed E-state index contributed by atoms with van der Waals surface area (Å²) in [5, 5.41) is 20.6. The van der Waals surface area contributed by atoms with Gasteiger partial charge in [0.05, 0.1) is 17.0 Å². The van der Waals surface area contributed by atoms with Gasteiger partial charge < -0.3 is 33.1 Å². The summed E-state index contributed by atoms with van der Waals surface area (Å²) in [5.74, 6) is 0.192. The van der Waals surface area contributed by atoms with Crippen molar-refractivity contribution in [2.75, 3.05) is 18.9 Å². The second kappa shape index (κ2) is 9.41. The van der Waals surface area contributed by atoms with Crippen LogP contribution in [0.5, 0.6) is 0 Å². The summed E-state index contributed by atoms with van der Waals surface area (Å²) in [6.45, 7) is 7.15. The molecule has 2 aromatic heterocycles. The van der Waals surface area contributed by atoms with Crippen molar-refractivity contribution in [2.45, 2.75) is 46.3 Å². The number of halogens is 1. The van der Waals surface area contributed by atoms with E-state index in [1.165, 1.54) is 18.3 Å². The maximum absolute atomic E-state index is 12.3. The molecular weight excluding hydrogens is 392 g/mol. The zero-order valence-electron chi connectivity index (χ0n) is 15.8. The van der Waals surface area contributed by atoms with E-state index in [4.69, 9.17) is 10.5 Å². The van der Waals surface area contributed by atoms with Gasteiger partial charge in [-0.15, -0.1) is 0 Å². The summed E-state index contributed by atoms with van der Waals surface area (Å²) >= 11 is 1.27.